The van der Waals surface area contributed by atoms with Gasteiger partial charge in [0.15, 0.2) is 0 Å². The van der Waals surface area contributed by atoms with Crippen molar-refractivity contribution in [1.29, 1.82) is 0 Å². The molecule has 0 heterocycles. The molecule has 0 aliphatic rings. The standard InChI is InChI=1S/C24H27NO3/c26-18-22(19-10-4-1-5-11-19)25(16-23(27)20-12-6-2-7-13-20)17-24(28)21-14-8-3-9-15-21/h1-15,22-24,26-28H,16-18H2/t22-,23+,24+/m0/s1. The van der Waals surface area contributed by atoms with Crippen molar-refractivity contribution in [3.63, 3.8) is 0 Å². The average molecular weight is 377 g/mol. The van der Waals surface area contributed by atoms with Crippen LogP contribution in [0.2, 0.25) is 0 Å². The Bertz CT molecular complexity index is 764. The van der Waals surface area contributed by atoms with E-state index in [1.807, 2.05) is 95.9 Å². The van der Waals surface area contributed by atoms with Gasteiger partial charge in [-0.05, 0) is 16.7 Å². The maximum atomic E-state index is 10.8. The van der Waals surface area contributed by atoms with Crippen LogP contribution in [0.25, 0.3) is 0 Å². The Hall–Kier alpha value is -2.50. The summed E-state index contributed by atoms with van der Waals surface area (Å²) in [7, 11) is 0. The fourth-order valence-corrected chi connectivity index (χ4v) is 3.44. The molecule has 3 atom stereocenters. The first-order valence-electron chi connectivity index (χ1n) is 9.55. The van der Waals surface area contributed by atoms with Crippen LogP contribution in [-0.4, -0.2) is 39.9 Å². The van der Waals surface area contributed by atoms with Crippen LogP contribution in [0.4, 0.5) is 0 Å². The van der Waals surface area contributed by atoms with Crippen molar-refractivity contribution in [2.45, 2.75) is 18.2 Å². The molecular weight excluding hydrogens is 350 g/mol. The minimum Gasteiger partial charge on any atom is -0.394 e. The molecule has 0 aromatic heterocycles. The Balaban J connectivity index is 1.84. The number of benzene rings is 3. The SMILES string of the molecule is OC[C@@H](c1ccccc1)N(C[C@@H](O)c1ccccc1)C[C@@H](O)c1ccccc1. The third-order valence-corrected chi connectivity index (χ3v) is 4.98. The summed E-state index contributed by atoms with van der Waals surface area (Å²) in [6.45, 7) is 0.495. The van der Waals surface area contributed by atoms with Gasteiger partial charge in [-0.3, -0.25) is 4.90 Å². The Morgan fingerprint density at radius 3 is 1.29 bits per heavy atom. The number of aliphatic hydroxyl groups excluding tert-OH is 3. The fourth-order valence-electron chi connectivity index (χ4n) is 3.44. The van der Waals surface area contributed by atoms with E-state index in [0.29, 0.717) is 13.1 Å². The molecular formula is C24H27NO3. The van der Waals surface area contributed by atoms with Gasteiger partial charge in [0, 0.05) is 13.1 Å². The van der Waals surface area contributed by atoms with Crippen molar-refractivity contribution in [2.75, 3.05) is 19.7 Å². The second kappa shape index (κ2) is 10.2. The molecule has 28 heavy (non-hydrogen) atoms. The Morgan fingerprint density at radius 2 is 0.929 bits per heavy atom. The largest absolute Gasteiger partial charge is 0.394 e. The molecule has 3 rings (SSSR count). The monoisotopic (exact) mass is 377 g/mol. The lowest BCUT2D eigenvalue weighted by Gasteiger charge is -2.34. The number of rotatable bonds is 9. The summed E-state index contributed by atoms with van der Waals surface area (Å²) >= 11 is 0. The van der Waals surface area contributed by atoms with Crippen molar-refractivity contribution in [1.82, 2.24) is 4.90 Å². The minimum absolute atomic E-state index is 0.104. The predicted octanol–water partition coefficient (Wildman–Crippen LogP) is 3.49. The molecule has 0 spiro atoms. The first-order chi connectivity index (χ1) is 13.7. The third-order valence-electron chi connectivity index (χ3n) is 4.98. The maximum Gasteiger partial charge on any atom is 0.0917 e. The highest BCUT2D eigenvalue weighted by Crippen LogP contribution is 2.26. The molecule has 0 bridgehead atoms. The van der Waals surface area contributed by atoms with Crippen LogP contribution >= 0.6 is 0 Å². The molecule has 0 amide bonds. The smallest absolute Gasteiger partial charge is 0.0917 e. The fraction of sp³-hybridized carbons (Fsp3) is 0.250. The minimum atomic E-state index is -0.720. The van der Waals surface area contributed by atoms with Gasteiger partial charge in [-0.2, -0.15) is 0 Å². The zero-order valence-electron chi connectivity index (χ0n) is 15.8. The molecule has 146 valence electrons. The van der Waals surface area contributed by atoms with E-state index in [-0.39, 0.29) is 12.6 Å². The highest BCUT2D eigenvalue weighted by Gasteiger charge is 2.25. The number of nitrogens with zero attached hydrogens (tertiary/aromatic N) is 1. The van der Waals surface area contributed by atoms with Crippen molar-refractivity contribution >= 4 is 0 Å². The lowest BCUT2D eigenvalue weighted by atomic mass is 10.0. The first-order valence-corrected chi connectivity index (χ1v) is 9.55. The molecule has 0 fully saturated rings. The molecule has 0 radical (unpaired) electrons. The van der Waals surface area contributed by atoms with E-state index in [9.17, 15) is 15.3 Å². The first kappa shape index (κ1) is 20.2. The topological polar surface area (TPSA) is 63.9 Å². The normalized spacial score (nSPS) is 14.6. The van der Waals surface area contributed by atoms with Gasteiger partial charge in [-0.1, -0.05) is 91.0 Å². The summed E-state index contributed by atoms with van der Waals surface area (Å²) in [5.41, 5.74) is 2.57. The summed E-state index contributed by atoms with van der Waals surface area (Å²) in [4.78, 5) is 1.95. The molecule has 3 aromatic carbocycles. The van der Waals surface area contributed by atoms with Crippen molar-refractivity contribution in [3.05, 3.63) is 108 Å². The van der Waals surface area contributed by atoms with Gasteiger partial charge in [-0.15, -0.1) is 0 Å². The van der Waals surface area contributed by atoms with E-state index in [1.165, 1.54) is 0 Å². The summed E-state index contributed by atoms with van der Waals surface area (Å²) in [5, 5.41) is 31.6. The van der Waals surface area contributed by atoms with E-state index in [1.54, 1.807) is 0 Å². The highest BCUT2D eigenvalue weighted by molar-refractivity contribution is 5.22. The van der Waals surface area contributed by atoms with E-state index < -0.39 is 12.2 Å². The summed E-state index contributed by atoms with van der Waals surface area (Å²) < 4.78 is 0. The molecule has 0 saturated heterocycles. The predicted molar refractivity (Wildman–Crippen MR) is 111 cm³/mol. The van der Waals surface area contributed by atoms with Gasteiger partial charge in [0.1, 0.15) is 0 Å². The number of hydrogen-bond acceptors (Lipinski definition) is 4. The summed E-state index contributed by atoms with van der Waals surface area (Å²) in [6.07, 6.45) is -1.44. The lowest BCUT2D eigenvalue weighted by Crippen LogP contribution is -2.37. The molecule has 3 aromatic rings. The number of aliphatic hydroxyl groups is 3. The summed E-state index contributed by atoms with van der Waals surface area (Å²) in [6, 6.07) is 28.3. The van der Waals surface area contributed by atoms with Gasteiger partial charge < -0.3 is 15.3 Å². The molecule has 0 aliphatic carbocycles. The van der Waals surface area contributed by atoms with Gasteiger partial charge in [0.05, 0.1) is 24.9 Å². The van der Waals surface area contributed by atoms with Gasteiger partial charge >= 0.3 is 0 Å². The Labute approximate surface area is 166 Å². The van der Waals surface area contributed by atoms with E-state index >= 15 is 0 Å². The lowest BCUT2D eigenvalue weighted by molar-refractivity contribution is 0.0256. The van der Waals surface area contributed by atoms with E-state index in [0.717, 1.165) is 16.7 Å². The molecule has 0 saturated carbocycles. The Kier molecular flexibility index (Phi) is 7.34. The van der Waals surface area contributed by atoms with Crippen molar-refractivity contribution in [3.8, 4) is 0 Å². The van der Waals surface area contributed by atoms with Crippen LogP contribution < -0.4 is 0 Å². The Morgan fingerprint density at radius 1 is 0.571 bits per heavy atom. The zero-order valence-corrected chi connectivity index (χ0v) is 15.8. The van der Waals surface area contributed by atoms with Crippen molar-refractivity contribution < 1.29 is 15.3 Å². The third kappa shape index (κ3) is 5.27. The molecule has 4 nitrogen and oxygen atoms in total. The second-order valence-electron chi connectivity index (χ2n) is 6.92. The van der Waals surface area contributed by atoms with Crippen molar-refractivity contribution in [2.24, 2.45) is 0 Å². The van der Waals surface area contributed by atoms with Crippen LogP contribution in [0.3, 0.4) is 0 Å². The van der Waals surface area contributed by atoms with E-state index in [2.05, 4.69) is 0 Å². The molecule has 3 N–H and O–H groups in total. The second-order valence-corrected chi connectivity index (χ2v) is 6.92. The average Bonchev–Trinajstić information content (AvgIpc) is 2.76. The van der Waals surface area contributed by atoms with Crippen LogP contribution in [0.5, 0.6) is 0 Å². The van der Waals surface area contributed by atoms with Crippen LogP contribution in [0.1, 0.15) is 34.9 Å². The molecule has 0 aliphatic heterocycles. The quantitative estimate of drug-likeness (QED) is 0.534. The zero-order chi connectivity index (χ0) is 19.8. The van der Waals surface area contributed by atoms with Gasteiger partial charge in [0.2, 0.25) is 0 Å². The van der Waals surface area contributed by atoms with E-state index in [4.69, 9.17) is 0 Å². The van der Waals surface area contributed by atoms with Crippen LogP contribution in [0, 0.1) is 0 Å². The highest BCUT2D eigenvalue weighted by atomic mass is 16.3. The number of hydrogen-bond donors (Lipinski definition) is 3. The van der Waals surface area contributed by atoms with Gasteiger partial charge in [-0.25, -0.2) is 0 Å². The molecule has 0 unspecified atom stereocenters. The molecule has 4 heteroatoms. The summed E-state index contributed by atoms with van der Waals surface area (Å²) in [5.74, 6) is 0. The maximum absolute atomic E-state index is 10.8. The van der Waals surface area contributed by atoms with Crippen LogP contribution in [-0.2, 0) is 0 Å². The van der Waals surface area contributed by atoms with Gasteiger partial charge in [0.25, 0.3) is 0 Å². The van der Waals surface area contributed by atoms with Crippen LogP contribution in [0.15, 0.2) is 91.0 Å².